The van der Waals surface area contributed by atoms with Crippen molar-refractivity contribution in [2.75, 3.05) is 39.3 Å². The summed E-state index contributed by atoms with van der Waals surface area (Å²) in [6, 6.07) is 0.394. The molecule has 3 aliphatic rings. The van der Waals surface area contributed by atoms with E-state index >= 15 is 0 Å². The molecule has 3 rings (SSSR count). The van der Waals surface area contributed by atoms with Crippen LogP contribution in [0, 0.1) is 11.8 Å². The van der Waals surface area contributed by atoms with E-state index in [9.17, 15) is 5.21 Å². The maximum absolute atomic E-state index is 9.24. The molecule has 2 aliphatic carbocycles. The summed E-state index contributed by atoms with van der Waals surface area (Å²) in [6.07, 6.45) is 3.73. The Hall–Kier alpha value is -0.650. The second kappa shape index (κ2) is 5.15. The topological polar surface area (TPSA) is 59.3 Å². The van der Waals surface area contributed by atoms with Gasteiger partial charge in [-0.15, -0.1) is 0 Å². The number of oxime groups is 1. The van der Waals surface area contributed by atoms with Crippen molar-refractivity contribution in [3.05, 3.63) is 0 Å². The number of nitrogens with zero attached hydrogens (tertiary/aromatic N) is 3. The molecule has 1 saturated heterocycles. The molecule has 0 amide bonds. The standard InChI is InChI=1S/C13H23N3O2/c17-8-7-15-3-5-16(6-4-15)13-11-2-1-10(9-11)12(13)14-18/h10-11,13,17-18H,1-9H2/b14-12-/t10-,11-,13-/m0/s1. The first kappa shape index (κ1) is 12.4. The molecule has 3 atom stereocenters. The fourth-order valence-electron chi connectivity index (χ4n) is 4.09. The van der Waals surface area contributed by atoms with Gasteiger partial charge < -0.3 is 10.3 Å². The highest BCUT2D eigenvalue weighted by Crippen LogP contribution is 2.45. The zero-order valence-electron chi connectivity index (χ0n) is 10.8. The van der Waals surface area contributed by atoms with Crippen molar-refractivity contribution in [2.45, 2.75) is 25.3 Å². The summed E-state index contributed by atoms with van der Waals surface area (Å²) in [5.41, 5.74) is 1.04. The van der Waals surface area contributed by atoms with Gasteiger partial charge in [0, 0.05) is 38.6 Å². The third kappa shape index (κ3) is 2.04. The Balaban J connectivity index is 1.62. The van der Waals surface area contributed by atoms with Crippen molar-refractivity contribution in [1.29, 1.82) is 0 Å². The van der Waals surface area contributed by atoms with Crippen LogP contribution in [0.5, 0.6) is 0 Å². The molecule has 0 unspecified atom stereocenters. The van der Waals surface area contributed by atoms with Gasteiger partial charge in [0.25, 0.3) is 0 Å². The highest BCUT2D eigenvalue weighted by atomic mass is 16.4. The van der Waals surface area contributed by atoms with E-state index in [1.165, 1.54) is 19.3 Å². The minimum Gasteiger partial charge on any atom is -0.411 e. The maximum Gasteiger partial charge on any atom is 0.0775 e. The fraction of sp³-hybridized carbons (Fsp3) is 0.923. The Bertz CT molecular complexity index is 326. The molecule has 1 aliphatic heterocycles. The number of rotatable bonds is 3. The SMILES string of the molecule is OCCN1CCN([C@@H]2/C(=N\O)[C@H]3CC[C@H]2C3)CC1. The molecular weight excluding hydrogens is 230 g/mol. The van der Waals surface area contributed by atoms with Crippen LogP contribution in [0.2, 0.25) is 0 Å². The molecule has 0 radical (unpaired) electrons. The van der Waals surface area contributed by atoms with Crippen molar-refractivity contribution >= 4 is 5.71 Å². The van der Waals surface area contributed by atoms with Crippen LogP contribution >= 0.6 is 0 Å². The van der Waals surface area contributed by atoms with E-state index in [2.05, 4.69) is 15.0 Å². The highest BCUT2D eigenvalue weighted by molar-refractivity contribution is 5.94. The van der Waals surface area contributed by atoms with Gasteiger partial charge in [0.15, 0.2) is 0 Å². The molecule has 3 fully saturated rings. The first-order valence-electron chi connectivity index (χ1n) is 7.12. The third-order valence-electron chi connectivity index (χ3n) is 4.97. The smallest absolute Gasteiger partial charge is 0.0775 e. The van der Waals surface area contributed by atoms with Crippen LogP contribution in [-0.2, 0) is 0 Å². The van der Waals surface area contributed by atoms with Crippen molar-refractivity contribution in [3.8, 4) is 0 Å². The molecule has 18 heavy (non-hydrogen) atoms. The van der Waals surface area contributed by atoms with E-state index in [-0.39, 0.29) is 6.61 Å². The minimum absolute atomic E-state index is 0.247. The van der Waals surface area contributed by atoms with Crippen molar-refractivity contribution in [3.63, 3.8) is 0 Å². The maximum atomic E-state index is 9.24. The zero-order chi connectivity index (χ0) is 12.5. The third-order valence-corrected chi connectivity index (χ3v) is 4.97. The summed E-state index contributed by atoms with van der Waals surface area (Å²) >= 11 is 0. The number of β-amino-alcohol motifs (C(OH)–C–C–N with tert-alkyl or cyclic N) is 1. The van der Waals surface area contributed by atoms with Crippen LogP contribution in [0.4, 0.5) is 0 Å². The summed E-state index contributed by atoms with van der Waals surface area (Å²) < 4.78 is 0. The van der Waals surface area contributed by atoms with Gasteiger partial charge in [-0.25, -0.2) is 0 Å². The number of piperazine rings is 1. The summed E-state index contributed by atoms with van der Waals surface area (Å²) in [7, 11) is 0. The summed E-state index contributed by atoms with van der Waals surface area (Å²) in [6.45, 7) is 5.14. The largest absolute Gasteiger partial charge is 0.411 e. The van der Waals surface area contributed by atoms with Gasteiger partial charge in [-0.3, -0.25) is 9.80 Å². The van der Waals surface area contributed by atoms with Crippen molar-refractivity contribution < 1.29 is 10.3 Å². The molecule has 2 bridgehead atoms. The van der Waals surface area contributed by atoms with Gasteiger partial charge >= 0.3 is 0 Å². The number of fused-ring (bicyclic) bond motifs is 2. The van der Waals surface area contributed by atoms with Gasteiger partial charge in [0.05, 0.1) is 18.4 Å². The minimum atomic E-state index is 0.247. The second-order valence-electron chi connectivity index (χ2n) is 5.84. The van der Waals surface area contributed by atoms with Crippen LogP contribution in [0.15, 0.2) is 5.16 Å². The molecule has 0 spiro atoms. The quantitative estimate of drug-likeness (QED) is 0.558. The summed E-state index contributed by atoms with van der Waals surface area (Å²) in [5.74, 6) is 1.26. The molecule has 102 valence electrons. The van der Waals surface area contributed by atoms with E-state index in [1.807, 2.05) is 0 Å². The molecular formula is C13H23N3O2. The van der Waals surface area contributed by atoms with Crippen LogP contribution in [-0.4, -0.2) is 71.2 Å². The Morgan fingerprint density at radius 3 is 2.61 bits per heavy atom. The summed E-state index contributed by atoms with van der Waals surface area (Å²) in [4.78, 5) is 4.80. The molecule has 2 N–H and O–H groups in total. The van der Waals surface area contributed by atoms with Gasteiger partial charge in [-0.1, -0.05) is 5.16 Å². The lowest BCUT2D eigenvalue weighted by Crippen LogP contribution is -2.54. The van der Waals surface area contributed by atoms with Crippen LogP contribution in [0.25, 0.3) is 0 Å². The van der Waals surface area contributed by atoms with Crippen molar-refractivity contribution in [2.24, 2.45) is 17.0 Å². The number of hydrogen-bond acceptors (Lipinski definition) is 5. The highest BCUT2D eigenvalue weighted by Gasteiger charge is 2.48. The Morgan fingerprint density at radius 1 is 1.17 bits per heavy atom. The van der Waals surface area contributed by atoms with Gasteiger partial charge in [-0.05, 0) is 25.2 Å². The van der Waals surface area contributed by atoms with E-state index < -0.39 is 0 Å². The first-order valence-corrected chi connectivity index (χ1v) is 7.12. The van der Waals surface area contributed by atoms with E-state index in [0.717, 1.165) is 38.4 Å². The molecule has 5 nitrogen and oxygen atoms in total. The average molecular weight is 253 g/mol. The zero-order valence-corrected chi connectivity index (χ0v) is 10.8. The van der Waals surface area contributed by atoms with E-state index in [1.54, 1.807) is 0 Å². The summed E-state index contributed by atoms with van der Waals surface area (Å²) in [5, 5.41) is 21.8. The van der Waals surface area contributed by atoms with Crippen molar-refractivity contribution in [1.82, 2.24) is 9.80 Å². The molecule has 0 aromatic rings. The predicted octanol–water partition coefficient (Wildman–Crippen LogP) is 0.225. The van der Waals surface area contributed by atoms with E-state index in [0.29, 0.717) is 17.9 Å². The normalized spacial score (nSPS) is 39.8. The number of aliphatic hydroxyl groups is 1. The number of hydrogen-bond donors (Lipinski definition) is 2. The monoisotopic (exact) mass is 253 g/mol. The Morgan fingerprint density at radius 2 is 1.94 bits per heavy atom. The lowest BCUT2D eigenvalue weighted by Gasteiger charge is -2.40. The van der Waals surface area contributed by atoms with Gasteiger partial charge in [0.2, 0.25) is 0 Å². The molecule has 0 aromatic heterocycles. The lowest BCUT2D eigenvalue weighted by molar-refractivity contribution is 0.0863. The average Bonchev–Trinajstić information content (AvgIpc) is 3.00. The lowest BCUT2D eigenvalue weighted by atomic mass is 9.91. The van der Waals surface area contributed by atoms with Gasteiger partial charge in [0.1, 0.15) is 0 Å². The van der Waals surface area contributed by atoms with Crippen LogP contribution in [0.1, 0.15) is 19.3 Å². The number of aliphatic hydroxyl groups excluding tert-OH is 1. The van der Waals surface area contributed by atoms with Gasteiger partial charge in [-0.2, -0.15) is 0 Å². The first-order chi connectivity index (χ1) is 8.83. The molecule has 2 saturated carbocycles. The molecule has 0 aromatic carbocycles. The predicted molar refractivity (Wildman–Crippen MR) is 68.9 cm³/mol. The van der Waals surface area contributed by atoms with Crippen LogP contribution < -0.4 is 0 Å². The fourth-order valence-corrected chi connectivity index (χ4v) is 4.09. The second-order valence-corrected chi connectivity index (χ2v) is 5.84. The molecule has 1 heterocycles. The molecule has 5 heteroatoms. The Labute approximate surface area is 108 Å². The van der Waals surface area contributed by atoms with Crippen LogP contribution in [0.3, 0.4) is 0 Å². The van der Waals surface area contributed by atoms with E-state index in [4.69, 9.17) is 5.11 Å². The Kier molecular flexibility index (Phi) is 3.54.